The van der Waals surface area contributed by atoms with Crippen LogP contribution in [-0.4, -0.2) is 10.9 Å². The second-order valence-electron chi connectivity index (χ2n) is 6.32. The molecule has 0 spiro atoms. The van der Waals surface area contributed by atoms with Gasteiger partial charge in [-0.3, -0.25) is 4.79 Å². The van der Waals surface area contributed by atoms with Crippen LogP contribution in [0.4, 0.5) is 5.69 Å². The molecule has 5 N–H and O–H groups in total. The molecule has 0 bridgehead atoms. The van der Waals surface area contributed by atoms with Gasteiger partial charge in [-0.2, -0.15) is 0 Å². The van der Waals surface area contributed by atoms with Crippen LogP contribution >= 0.6 is 0 Å². The van der Waals surface area contributed by atoms with Crippen molar-refractivity contribution in [3.8, 4) is 16.9 Å². The Kier molecular flexibility index (Phi) is 4.26. The van der Waals surface area contributed by atoms with Gasteiger partial charge in [-0.15, -0.1) is 0 Å². The first-order valence-electron chi connectivity index (χ1n) is 8.60. The molecule has 3 aromatic carbocycles. The fourth-order valence-electron chi connectivity index (χ4n) is 3.20. The molecule has 5 heteroatoms. The molecule has 0 saturated heterocycles. The molecule has 134 valence electrons. The van der Waals surface area contributed by atoms with Gasteiger partial charge in [0.25, 0.3) is 5.91 Å². The van der Waals surface area contributed by atoms with E-state index in [2.05, 4.69) is 4.98 Å². The number of carbonyl (C=O) groups is 1. The van der Waals surface area contributed by atoms with Crippen molar-refractivity contribution in [2.75, 3.05) is 5.73 Å². The second kappa shape index (κ2) is 6.88. The van der Waals surface area contributed by atoms with Gasteiger partial charge in [0.15, 0.2) is 0 Å². The normalized spacial score (nSPS) is 10.8. The zero-order valence-corrected chi connectivity index (χ0v) is 14.6. The number of hydrogen-bond donors (Lipinski definition) is 3. The molecule has 4 rings (SSSR count). The summed E-state index contributed by atoms with van der Waals surface area (Å²) < 4.78 is 5.84. The Balaban J connectivity index is 1.65. The van der Waals surface area contributed by atoms with E-state index in [1.165, 1.54) is 0 Å². The molecule has 27 heavy (non-hydrogen) atoms. The number of nitrogen functional groups attached to an aromatic ring is 1. The van der Waals surface area contributed by atoms with Gasteiger partial charge in [0, 0.05) is 11.6 Å². The first-order chi connectivity index (χ1) is 13.1. The quantitative estimate of drug-likeness (QED) is 0.469. The van der Waals surface area contributed by atoms with Gasteiger partial charge in [-0.05, 0) is 41.0 Å². The van der Waals surface area contributed by atoms with E-state index in [4.69, 9.17) is 16.2 Å². The number of H-pyrrole nitrogens is 1. The molecule has 0 radical (unpaired) electrons. The Hall–Kier alpha value is -3.73. The van der Waals surface area contributed by atoms with Crippen molar-refractivity contribution in [2.24, 2.45) is 5.73 Å². The molecular weight excluding hydrogens is 338 g/mol. The van der Waals surface area contributed by atoms with Crippen LogP contribution in [0, 0.1) is 0 Å². The van der Waals surface area contributed by atoms with E-state index in [-0.39, 0.29) is 0 Å². The highest BCUT2D eigenvalue weighted by Crippen LogP contribution is 2.34. The fraction of sp³-hybridized carbons (Fsp3) is 0.0455. The minimum absolute atomic E-state index is 0.458. The van der Waals surface area contributed by atoms with Crippen LogP contribution in [-0.2, 0) is 6.61 Å². The SMILES string of the molecule is NC(=O)c1ccc(-c2ccc(OCc3ccccc3)c(N)c2)c2cc[nH]c12. The number of aromatic amines is 1. The molecule has 5 nitrogen and oxygen atoms in total. The third-order valence-corrected chi connectivity index (χ3v) is 4.55. The lowest BCUT2D eigenvalue weighted by Gasteiger charge is -2.12. The van der Waals surface area contributed by atoms with E-state index in [1.807, 2.05) is 60.7 Å². The zero-order chi connectivity index (χ0) is 18.8. The third-order valence-electron chi connectivity index (χ3n) is 4.55. The summed E-state index contributed by atoms with van der Waals surface area (Å²) in [6, 6.07) is 21.2. The van der Waals surface area contributed by atoms with E-state index in [1.54, 1.807) is 12.3 Å². The molecule has 0 aliphatic heterocycles. The first kappa shape index (κ1) is 16.7. The number of anilines is 1. The van der Waals surface area contributed by atoms with Crippen LogP contribution in [0.25, 0.3) is 22.0 Å². The highest BCUT2D eigenvalue weighted by atomic mass is 16.5. The molecule has 1 aromatic heterocycles. The largest absolute Gasteiger partial charge is 0.487 e. The molecular formula is C22H19N3O2. The van der Waals surface area contributed by atoms with Crippen LogP contribution in [0.15, 0.2) is 72.9 Å². The first-order valence-corrected chi connectivity index (χ1v) is 8.60. The number of ether oxygens (including phenoxy) is 1. The van der Waals surface area contributed by atoms with E-state index in [0.29, 0.717) is 23.6 Å². The monoisotopic (exact) mass is 357 g/mol. The van der Waals surface area contributed by atoms with Crippen molar-refractivity contribution in [2.45, 2.75) is 6.61 Å². The van der Waals surface area contributed by atoms with Crippen molar-refractivity contribution in [1.82, 2.24) is 4.98 Å². The van der Waals surface area contributed by atoms with Gasteiger partial charge in [0.05, 0.1) is 16.8 Å². The van der Waals surface area contributed by atoms with E-state index >= 15 is 0 Å². The number of hydrogen-bond acceptors (Lipinski definition) is 3. The van der Waals surface area contributed by atoms with Crippen LogP contribution in [0.2, 0.25) is 0 Å². The van der Waals surface area contributed by atoms with Gasteiger partial charge >= 0.3 is 0 Å². The average Bonchev–Trinajstić information content (AvgIpc) is 3.16. The van der Waals surface area contributed by atoms with E-state index in [9.17, 15) is 4.79 Å². The lowest BCUT2D eigenvalue weighted by atomic mass is 9.98. The maximum absolute atomic E-state index is 11.6. The zero-order valence-electron chi connectivity index (χ0n) is 14.6. The Labute approximate surface area is 156 Å². The standard InChI is InChI=1S/C22H19N3O2/c23-19-12-15(6-9-20(19)27-13-14-4-2-1-3-5-14)16-7-8-18(22(24)26)21-17(16)10-11-25-21/h1-12,25H,13,23H2,(H2,24,26). The van der Waals surface area contributed by atoms with Crippen molar-refractivity contribution in [1.29, 1.82) is 0 Å². The molecule has 4 aromatic rings. The molecule has 1 heterocycles. The van der Waals surface area contributed by atoms with Crippen molar-refractivity contribution < 1.29 is 9.53 Å². The Morgan fingerprint density at radius 2 is 1.81 bits per heavy atom. The minimum Gasteiger partial charge on any atom is -0.487 e. The predicted molar refractivity (Wildman–Crippen MR) is 107 cm³/mol. The van der Waals surface area contributed by atoms with Gasteiger partial charge < -0.3 is 21.2 Å². The Morgan fingerprint density at radius 1 is 1.00 bits per heavy atom. The van der Waals surface area contributed by atoms with Crippen molar-refractivity contribution >= 4 is 22.5 Å². The Morgan fingerprint density at radius 3 is 2.56 bits per heavy atom. The number of carbonyl (C=O) groups excluding carboxylic acids is 1. The number of rotatable bonds is 5. The topological polar surface area (TPSA) is 94.1 Å². The van der Waals surface area contributed by atoms with Crippen LogP contribution in [0.5, 0.6) is 5.75 Å². The third kappa shape index (κ3) is 3.22. The summed E-state index contributed by atoms with van der Waals surface area (Å²) in [6.07, 6.45) is 1.79. The minimum atomic E-state index is -0.460. The second-order valence-corrected chi connectivity index (χ2v) is 6.32. The smallest absolute Gasteiger partial charge is 0.250 e. The molecule has 0 saturated carbocycles. The number of primary amides is 1. The number of fused-ring (bicyclic) bond motifs is 1. The summed E-state index contributed by atoms with van der Waals surface area (Å²) in [5.74, 6) is 0.180. The number of amides is 1. The van der Waals surface area contributed by atoms with Crippen molar-refractivity contribution in [3.05, 3.63) is 84.1 Å². The molecule has 0 unspecified atom stereocenters. The number of aromatic nitrogens is 1. The van der Waals surface area contributed by atoms with Gasteiger partial charge in [0.2, 0.25) is 0 Å². The molecule has 1 amide bonds. The van der Waals surface area contributed by atoms with Crippen LogP contribution in [0.1, 0.15) is 15.9 Å². The summed E-state index contributed by atoms with van der Waals surface area (Å²) in [5.41, 5.74) is 16.4. The highest BCUT2D eigenvalue weighted by molar-refractivity contribution is 6.09. The molecule has 0 fully saturated rings. The van der Waals surface area contributed by atoms with E-state index in [0.717, 1.165) is 27.6 Å². The Bertz CT molecular complexity index is 1120. The predicted octanol–water partition coefficient (Wildman–Crippen LogP) is 4.10. The molecule has 0 aliphatic rings. The summed E-state index contributed by atoms with van der Waals surface area (Å²) in [5, 5.41) is 0.920. The summed E-state index contributed by atoms with van der Waals surface area (Å²) in [4.78, 5) is 14.7. The molecule has 0 atom stereocenters. The number of nitrogens with two attached hydrogens (primary N) is 2. The summed E-state index contributed by atoms with van der Waals surface area (Å²) in [6.45, 7) is 0.458. The molecule has 0 aliphatic carbocycles. The highest BCUT2D eigenvalue weighted by Gasteiger charge is 2.13. The van der Waals surface area contributed by atoms with Crippen LogP contribution < -0.4 is 16.2 Å². The maximum atomic E-state index is 11.6. The number of benzene rings is 3. The number of nitrogens with one attached hydrogen (secondary N) is 1. The van der Waals surface area contributed by atoms with Crippen LogP contribution in [0.3, 0.4) is 0 Å². The lowest BCUT2D eigenvalue weighted by molar-refractivity contribution is 0.100. The van der Waals surface area contributed by atoms with Gasteiger partial charge in [-0.25, -0.2) is 0 Å². The lowest BCUT2D eigenvalue weighted by Crippen LogP contribution is -2.11. The summed E-state index contributed by atoms with van der Waals surface area (Å²) in [7, 11) is 0. The van der Waals surface area contributed by atoms with Gasteiger partial charge in [0.1, 0.15) is 12.4 Å². The average molecular weight is 357 g/mol. The maximum Gasteiger partial charge on any atom is 0.250 e. The van der Waals surface area contributed by atoms with Crippen molar-refractivity contribution in [3.63, 3.8) is 0 Å². The summed E-state index contributed by atoms with van der Waals surface area (Å²) >= 11 is 0. The fourth-order valence-corrected chi connectivity index (χ4v) is 3.20. The van der Waals surface area contributed by atoms with E-state index < -0.39 is 5.91 Å². The van der Waals surface area contributed by atoms with Gasteiger partial charge in [-0.1, -0.05) is 42.5 Å².